The molecule has 0 bridgehead atoms. The van der Waals surface area contributed by atoms with Crippen LogP contribution in [0.2, 0.25) is 0 Å². The van der Waals surface area contributed by atoms with E-state index in [0.29, 0.717) is 29.0 Å². The lowest BCUT2D eigenvalue weighted by Gasteiger charge is -2.32. The van der Waals surface area contributed by atoms with Gasteiger partial charge in [-0.25, -0.2) is 9.78 Å². The molecule has 0 amide bonds. The number of halogens is 1. The van der Waals surface area contributed by atoms with Crippen LogP contribution in [0.5, 0.6) is 0 Å². The second kappa shape index (κ2) is 11.1. The Bertz CT molecular complexity index is 1010. The molecule has 1 atom stereocenters. The lowest BCUT2D eigenvalue weighted by molar-refractivity contribution is -0.106. The van der Waals surface area contributed by atoms with Crippen LogP contribution in [0.1, 0.15) is 56.6 Å². The third kappa shape index (κ3) is 6.98. The van der Waals surface area contributed by atoms with Crippen molar-refractivity contribution in [3.05, 3.63) is 69.3 Å². The van der Waals surface area contributed by atoms with Crippen molar-refractivity contribution in [2.45, 2.75) is 58.8 Å². The van der Waals surface area contributed by atoms with E-state index in [0.717, 1.165) is 36.8 Å². The van der Waals surface area contributed by atoms with E-state index in [1.807, 2.05) is 70.2 Å². The van der Waals surface area contributed by atoms with Gasteiger partial charge in [0.15, 0.2) is 5.69 Å². The number of pyridine rings is 1. The van der Waals surface area contributed by atoms with Gasteiger partial charge in [-0.05, 0) is 79.7 Å². The van der Waals surface area contributed by atoms with Gasteiger partial charge in [-0.2, -0.15) is 0 Å². The summed E-state index contributed by atoms with van der Waals surface area (Å²) in [5.41, 5.74) is 2.43. The molecule has 0 unspecified atom stereocenters. The lowest BCUT2D eigenvalue weighted by atomic mass is 9.96. The Morgan fingerprint density at radius 2 is 1.94 bits per heavy atom. The normalized spacial score (nSPS) is 16.8. The van der Waals surface area contributed by atoms with E-state index in [4.69, 9.17) is 9.47 Å². The summed E-state index contributed by atoms with van der Waals surface area (Å²) >= 11 is 3.41. The van der Waals surface area contributed by atoms with Crippen molar-refractivity contribution >= 4 is 34.0 Å². The third-order valence-corrected chi connectivity index (χ3v) is 5.99. The number of aromatic nitrogens is 1. The molecule has 6 nitrogen and oxygen atoms in total. The first-order valence-electron chi connectivity index (χ1n) is 11.2. The Morgan fingerprint density at radius 3 is 2.61 bits per heavy atom. The zero-order chi connectivity index (χ0) is 24.0. The number of ether oxygens (including phenoxy) is 2. The van der Waals surface area contributed by atoms with Gasteiger partial charge in [0.1, 0.15) is 17.7 Å². The summed E-state index contributed by atoms with van der Waals surface area (Å²) in [6, 6.07) is 13.6. The number of anilines is 1. The lowest BCUT2D eigenvalue weighted by Crippen LogP contribution is -2.34. The molecule has 1 aliphatic heterocycles. The molecule has 33 heavy (non-hydrogen) atoms. The maximum absolute atomic E-state index is 12.6. The molecule has 0 saturated carbocycles. The van der Waals surface area contributed by atoms with Crippen molar-refractivity contribution in [3.63, 3.8) is 0 Å². The summed E-state index contributed by atoms with van der Waals surface area (Å²) in [7, 11) is 0. The number of esters is 1. The van der Waals surface area contributed by atoms with Crippen molar-refractivity contribution in [2.75, 3.05) is 18.0 Å². The van der Waals surface area contributed by atoms with Gasteiger partial charge in [0.05, 0.1) is 17.2 Å². The molecule has 1 aromatic carbocycles. The second-order valence-corrected chi connectivity index (χ2v) is 10.00. The molecule has 1 fully saturated rings. The molecule has 0 radical (unpaired) electrons. The highest BCUT2D eigenvalue weighted by Crippen LogP contribution is 2.28. The first-order chi connectivity index (χ1) is 15.7. The van der Waals surface area contributed by atoms with Crippen molar-refractivity contribution in [3.8, 4) is 0 Å². The molecule has 0 N–H and O–H groups in total. The quantitative estimate of drug-likeness (QED) is 0.276. The van der Waals surface area contributed by atoms with E-state index in [1.54, 1.807) is 0 Å². The first-order valence-corrected chi connectivity index (χ1v) is 11.9. The van der Waals surface area contributed by atoms with Crippen LogP contribution in [-0.4, -0.2) is 42.0 Å². The molecule has 176 valence electrons. The maximum atomic E-state index is 12.6. The SMILES string of the molecule is C[C@@H](OCc1ccccc1)/C(C=O)=C1\CCCN(c2ccc(Br)c(C(=O)OC(C)(C)C)n2)C1. The number of carbonyl (C=O) groups is 2. The predicted octanol–water partition coefficient (Wildman–Crippen LogP) is 5.50. The molecule has 1 aliphatic rings. The standard InChI is InChI=1S/C26H31BrN2O4/c1-18(32-17-19-9-6-5-7-10-19)21(16-30)20-11-8-14-29(15-20)23-13-12-22(27)24(28-23)25(31)33-26(2,3)4/h5-7,9-10,12-13,16,18H,8,11,14-15,17H2,1-4H3/b21-20+/t18-/m1/s1. The molecule has 7 heteroatoms. The second-order valence-electron chi connectivity index (χ2n) is 9.14. The summed E-state index contributed by atoms with van der Waals surface area (Å²) in [6.07, 6.45) is 2.32. The van der Waals surface area contributed by atoms with Crippen LogP contribution in [0.3, 0.4) is 0 Å². The molecule has 3 rings (SSSR count). The van der Waals surface area contributed by atoms with Crippen LogP contribution >= 0.6 is 15.9 Å². The van der Waals surface area contributed by atoms with Crippen LogP contribution in [0, 0.1) is 0 Å². The van der Waals surface area contributed by atoms with Gasteiger partial charge in [-0.3, -0.25) is 4.79 Å². The summed E-state index contributed by atoms with van der Waals surface area (Å²) < 4.78 is 12.1. The van der Waals surface area contributed by atoms with Gasteiger partial charge >= 0.3 is 5.97 Å². The minimum atomic E-state index is -0.607. The van der Waals surface area contributed by atoms with E-state index < -0.39 is 11.6 Å². The molecule has 1 saturated heterocycles. The maximum Gasteiger partial charge on any atom is 0.358 e. The number of hydrogen-bond acceptors (Lipinski definition) is 6. The highest BCUT2D eigenvalue weighted by molar-refractivity contribution is 9.10. The minimum absolute atomic E-state index is 0.244. The molecular weight excluding hydrogens is 484 g/mol. The number of nitrogens with zero attached hydrogens (tertiary/aromatic N) is 2. The van der Waals surface area contributed by atoms with Crippen LogP contribution in [0.25, 0.3) is 0 Å². The molecule has 0 aliphatic carbocycles. The fourth-order valence-electron chi connectivity index (χ4n) is 3.73. The zero-order valence-electron chi connectivity index (χ0n) is 19.6. The van der Waals surface area contributed by atoms with E-state index in [-0.39, 0.29) is 11.8 Å². The monoisotopic (exact) mass is 514 g/mol. The number of benzene rings is 1. The highest BCUT2D eigenvalue weighted by Gasteiger charge is 2.25. The molecule has 0 spiro atoms. The topological polar surface area (TPSA) is 68.7 Å². The average molecular weight is 515 g/mol. The van der Waals surface area contributed by atoms with E-state index in [2.05, 4.69) is 25.8 Å². The summed E-state index contributed by atoms with van der Waals surface area (Å²) in [4.78, 5) is 31.3. The zero-order valence-corrected chi connectivity index (χ0v) is 21.2. The molecule has 2 heterocycles. The molecular formula is C26H31BrN2O4. The Labute approximate surface area is 204 Å². The van der Waals surface area contributed by atoms with Gasteiger partial charge in [-0.1, -0.05) is 30.3 Å². The number of hydrogen-bond donors (Lipinski definition) is 0. The third-order valence-electron chi connectivity index (χ3n) is 5.35. The average Bonchev–Trinajstić information content (AvgIpc) is 2.78. The first kappa shape index (κ1) is 25.1. The number of aldehydes is 1. The van der Waals surface area contributed by atoms with Crippen LogP contribution in [-0.2, 0) is 20.9 Å². The smallest absolute Gasteiger partial charge is 0.358 e. The fraction of sp³-hybridized carbons (Fsp3) is 0.423. The van der Waals surface area contributed by atoms with E-state index >= 15 is 0 Å². The molecule has 2 aromatic rings. The highest BCUT2D eigenvalue weighted by atomic mass is 79.9. The van der Waals surface area contributed by atoms with Crippen molar-refractivity contribution in [1.82, 2.24) is 4.98 Å². The largest absolute Gasteiger partial charge is 0.455 e. The summed E-state index contributed by atoms with van der Waals surface area (Å²) in [6.45, 7) is 9.19. The van der Waals surface area contributed by atoms with Crippen molar-refractivity contribution in [2.24, 2.45) is 0 Å². The van der Waals surface area contributed by atoms with Gasteiger partial charge in [0, 0.05) is 18.7 Å². The van der Waals surface area contributed by atoms with Gasteiger partial charge in [0.2, 0.25) is 0 Å². The van der Waals surface area contributed by atoms with Crippen LogP contribution < -0.4 is 4.90 Å². The minimum Gasteiger partial charge on any atom is -0.455 e. The Kier molecular flexibility index (Phi) is 8.43. The Balaban J connectivity index is 1.77. The number of piperidine rings is 1. The fourth-order valence-corrected chi connectivity index (χ4v) is 4.12. The summed E-state index contributed by atoms with van der Waals surface area (Å²) in [5, 5.41) is 0. The number of rotatable bonds is 7. The Morgan fingerprint density at radius 1 is 1.21 bits per heavy atom. The Hall–Kier alpha value is -2.51. The predicted molar refractivity (Wildman–Crippen MR) is 132 cm³/mol. The van der Waals surface area contributed by atoms with Crippen LogP contribution in [0.15, 0.2) is 58.1 Å². The van der Waals surface area contributed by atoms with Gasteiger partial charge < -0.3 is 14.4 Å². The van der Waals surface area contributed by atoms with E-state index in [9.17, 15) is 9.59 Å². The van der Waals surface area contributed by atoms with Gasteiger partial charge in [-0.15, -0.1) is 0 Å². The van der Waals surface area contributed by atoms with Crippen molar-refractivity contribution in [1.29, 1.82) is 0 Å². The van der Waals surface area contributed by atoms with E-state index in [1.165, 1.54) is 0 Å². The molecule has 1 aromatic heterocycles. The number of carbonyl (C=O) groups excluding carboxylic acids is 2. The van der Waals surface area contributed by atoms with Crippen LogP contribution in [0.4, 0.5) is 5.82 Å². The van der Waals surface area contributed by atoms with Crippen molar-refractivity contribution < 1.29 is 19.1 Å². The summed E-state index contributed by atoms with van der Waals surface area (Å²) in [5.74, 6) is 0.208. The van der Waals surface area contributed by atoms with Gasteiger partial charge in [0.25, 0.3) is 0 Å².